The van der Waals surface area contributed by atoms with E-state index >= 15 is 0 Å². The van der Waals surface area contributed by atoms with Gasteiger partial charge in [-0.3, -0.25) is 9.59 Å². The van der Waals surface area contributed by atoms with Crippen molar-refractivity contribution < 1.29 is 27.2 Å². The van der Waals surface area contributed by atoms with Crippen molar-refractivity contribution in [3.8, 4) is 0 Å². The molecule has 41 heavy (non-hydrogen) atoms. The molecule has 5 rings (SSSR count). The third kappa shape index (κ3) is 7.20. The van der Waals surface area contributed by atoms with Gasteiger partial charge in [0.25, 0.3) is 5.91 Å². The van der Waals surface area contributed by atoms with Gasteiger partial charge >= 0.3 is 0 Å². The van der Waals surface area contributed by atoms with Crippen LogP contribution in [0, 0.1) is 11.8 Å². The first-order valence-corrected chi connectivity index (χ1v) is 14.1. The average Bonchev–Trinajstić information content (AvgIpc) is 3.50. The third-order valence-corrected chi connectivity index (χ3v) is 7.76. The second kappa shape index (κ2) is 12.1. The Kier molecular flexibility index (Phi) is 8.55. The van der Waals surface area contributed by atoms with E-state index in [2.05, 4.69) is 25.9 Å². The minimum Gasteiger partial charge on any atom is -0.349 e. The molecular weight excluding hydrogens is 544 g/mol. The van der Waals surface area contributed by atoms with Crippen LogP contribution in [0.4, 0.5) is 17.6 Å². The Morgan fingerprint density at radius 2 is 1.78 bits per heavy atom. The molecule has 2 atom stereocenters. The number of nitrogens with zero attached hydrogens (tertiary/aromatic N) is 6. The van der Waals surface area contributed by atoms with E-state index in [0.717, 1.165) is 29.6 Å². The number of hydrogen-bond donors (Lipinski definition) is 2. The van der Waals surface area contributed by atoms with Crippen molar-refractivity contribution in [3.05, 3.63) is 41.6 Å². The van der Waals surface area contributed by atoms with Crippen LogP contribution in [0.2, 0.25) is 0 Å². The van der Waals surface area contributed by atoms with Crippen molar-refractivity contribution in [2.45, 2.75) is 95.7 Å². The maximum Gasteiger partial charge on any atom is 0.274 e. The SMILES string of the molecule is CCCC(=O)N[C@@H](c1cnn2cc([C@@H](NC(=O)c3cnn(CCC(F)F)n3)C3CCC(F)(F)CC3)nc2c1)C1CC1. The number of fused-ring (bicyclic) bond motifs is 1. The van der Waals surface area contributed by atoms with Crippen LogP contribution >= 0.6 is 0 Å². The highest BCUT2D eigenvalue weighted by atomic mass is 19.3. The Bertz CT molecular complexity index is 1360. The first-order chi connectivity index (χ1) is 19.6. The Morgan fingerprint density at radius 3 is 2.46 bits per heavy atom. The third-order valence-electron chi connectivity index (χ3n) is 7.76. The molecule has 0 radical (unpaired) electrons. The Hall–Kier alpha value is -3.58. The van der Waals surface area contributed by atoms with Crippen LogP contribution in [0.3, 0.4) is 0 Å². The molecule has 0 spiro atoms. The molecule has 0 aliphatic heterocycles. The lowest BCUT2D eigenvalue weighted by molar-refractivity contribution is -0.122. The summed E-state index contributed by atoms with van der Waals surface area (Å²) < 4.78 is 54.6. The predicted molar refractivity (Wildman–Crippen MR) is 139 cm³/mol. The monoisotopic (exact) mass is 578 g/mol. The number of carbonyl (C=O) groups excluding carboxylic acids is 2. The topological polar surface area (TPSA) is 119 Å². The Morgan fingerprint density at radius 1 is 1.05 bits per heavy atom. The van der Waals surface area contributed by atoms with Gasteiger partial charge in [0, 0.05) is 25.7 Å². The molecular formula is C27H34F4N8O2. The molecule has 2 amide bonds. The van der Waals surface area contributed by atoms with E-state index in [1.807, 2.05) is 13.0 Å². The van der Waals surface area contributed by atoms with Gasteiger partial charge in [-0.1, -0.05) is 6.92 Å². The maximum atomic E-state index is 14.0. The summed E-state index contributed by atoms with van der Waals surface area (Å²) in [6, 6.07) is 0.975. The molecule has 0 saturated heterocycles. The number of halogens is 4. The van der Waals surface area contributed by atoms with Crippen LogP contribution in [0.1, 0.15) is 98.5 Å². The molecule has 222 valence electrons. The number of aromatic nitrogens is 6. The summed E-state index contributed by atoms with van der Waals surface area (Å²) in [6.07, 6.45) is 4.53. The summed E-state index contributed by atoms with van der Waals surface area (Å²) in [7, 11) is 0. The number of carbonyl (C=O) groups is 2. The molecule has 0 unspecified atom stereocenters. The van der Waals surface area contributed by atoms with Crippen LogP contribution in [0.5, 0.6) is 0 Å². The summed E-state index contributed by atoms with van der Waals surface area (Å²) in [5, 5.41) is 18.4. The Labute approximate surface area is 234 Å². The van der Waals surface area contributed by atoms with Gasteiger partial charge in [-0.2, -0.15) is 15.0 Å². The zero-order chi connectivity index (χ0) is 29.1. The first-order valence-electron chi connectivity index (χ1n) is 14.1. The van der Waals surface area contributed by atoms with E-state index in [4.69, 9.17) is 4.98 Å². The number of rotatable bonds is 12. The Balaban J connectivity index is 1.39. The molecule has 14 heteroatoms. The van der Waals surface area contributed by atoms with E-state index in [1.165, 1.54) is 6.20 Å². The highest BCUT2D eigenvalue weighted by Crippen LogP contribution is 2.42. The lowest BCUT2D eigenvalue weighted by Crippen LogP contribution is -2.37. The summed E-state index contributed by atoms with van der Waals surface area (Å²) >= 11 is 0. The minimum atomic E-state index is -2.76. The second-order valence-corrected chi connectivity index (χ2v) is 11.0. The van der Waals surface area contributed by atoms with E-state index in [9.17, 15) is 27.2 Å². The molecule has 3 aromatic heterocycles. The highest BCUT2D eigenvalue weighted by molar-refractivity contribution is 5.92. The highest BCUT2D eigenvalue weighted by Gasteiger charge is 2.40. The van der Waals surface area contributed by atoms with Crippen molar-refractivity contribution in [3.63, 3.8) is 0 Å². The van der Waals surface area contributed by atoms with Gasteiger partial charge in [0.1, 0.15) is 0 Å². The van der Waals surface area contributed by atoms with Crippen LogP contribution in [-0.4, -0.2) is 53.8 Å². The van der Waals surface area contributed by atoms with Gasteiger partial charge < -0.3 is 10.6 Å². The number of hydrogen-bond acceptors (Lipinski definition) is 6. The molecule has 0 bridgehead atoms. The van der Waals surface area contributed by atoms with E-state index < -0.39 is 30.7 Å². The van der Waals surface area contributed by atoms with Gasteiger partial charge in [-0.05, 0) is 55.6 Å². The van der Waals surface area contributed by atoms with Gasteiger partial charge in [-0.25, -0.2) is 27.1 Å². The predicted octanol–water partition coefficient (Wildman–Crippen LogP) is 4.64. The summed E-state index contributed by atoms with van der Waals surface area (Å²) in [4.78, 5) is 31.2. The number of aryl methyl sites for hydroxylation is 1. The lowest BCUT2D eigenvalue weighted by atomic mass is 9.81. The van der Waals surface area contributed by atoms with Gasteiger partial charge in [0.2, 0.25) is 18.3 Å². The van der Waals surface area contributed by atoms with Gasteiger partial charge in [0.05, 0.1) is 42.9 Å². The number of alkyl halides is 4. The van der Waals surface area contributed by atoms with E-state index in [-0.39, 0.29) is 55.8 Å². The summed E-state index contributed by atoms with van der Waals surface area (Å²) in [5.41, 5.74) is 1.73. The largest absolute Gasteiger partial charge is 0.349 e. The molecule has 2 saturated carbocycles. The zero-order valence-electron chi connectivity index (χ0n) is 22.8. The van der Waals surface area contributed by atoms with E-state index in [0.29, 0.717) is 23.7 Å². The van der Waals surface area contributed by atoms with Crippen LogP contribution < -0.4 is 10.6 Å². The number of imidazole rings is 1. The first kappa shape index (κ1) is 28.9. The fraction of sp³-hybridized carbons (Fsp3) is 0.630. The lowest BCUT2D eigenvalue weighted by Gasteiger charge is -2.33. The molecule has 0 aromatic carbocycles. The fourth-order valence-electron chi connectivity index (χ4n) is 5.37. The van der Waals surface area contributed by atoms with Crippen molar-refractivity contribution in [2.75, 3.05) is 0 Å². The van der Waals surface area contributed by atoms with Crippen molar-refractivity contribution in [2.24, 2.45) is 11.8 Å². The fourth-order valence-corrected chi connectivity index (χ4v) is 5.37. The quantitative estimate of drug-likeness (QED) is 0.302. The van der Waals surface area contributed by atoms with E-state index in [1.54, 1.807) is 16.9 Å². The van der Waals surface area contributed by atoms with Gasteiger partial charge in [0.15, 0.2) is 11.3 Å². The maximum absolute atomic E-state index is 14.0. The standard InChI is InChI=1S/C27H34F4N8O2/c1-2-3-23(40)35-24(16-4-5-16)18-12-22-34-20(15-38(22)32-13-18)25(17-6-9-27(30,31)10-7-17)36-26(41)19-14-33-39(37-19)11-8-21(28)29/h12-17,21,24-25H,2-11H2,1H3,(H,35,40)(H,36,41)/t24-,25+/m1/s1. The van der Waals surface area contributed by atoms with Crippen molar-refractivity contribution >= 4 is 17.5 Å². The molecule has 2 fully saturated rings. The summed E-state index contributed by atoms with van der Waals surface area (Å²) in [6.45, 7) is 1.80. The van der Waals surface area contributed by atoms with Crippen LogP contribution in [0.15, 0.2) is 24.7 Å². The molecule has 3 heterocycles. The molecule has 2 N–H and O–H groups in total. The van der Waals surface area contributed by atoms with Gasteiger partial charge in [-0.15, -0.1) is 5.10 Å². The molecule has 2 aliphatic carbocycles. The van der Waals surface area contributed by atoms with Crippen LogP contribution in [-0.2, 0) is 11.3 Å². The minimum absolute atomic E-state index is 0.0173. The second-order valence-electron chi connectivity index (χ2n) is 11.0. The zero-order valence-corrected chi connectivity index (χ0v) is 22.8. The van der Waals surface area contributed by atoms with Crippen LogP contribution in [0.25, 0.3) is 5.65 Å². The number of nitrogens with one attached hydrogen (secondary N) is 2. The average molecular weight is 579 g/mol. The van der Waals surface area contributed by atoms with Crippen molar-refractivity contribution in [1.82, 2.24) is 40.2 Å². The number of amides is 2. The summed E-state index contributed by atoms with van der Waals surface area (Å²) in [5.74, 6) is -3.36. The normalized spacial score (nSPS) is 18.9. The molecule has 3 aromatic rings. The van der Waals surface area contributed by atoms with Crippen molar-refractivity contribution in [1.29, 1.82) is 0 Å². The molecule has 10 nitrogen and oxygen atoms in total. The smallest absolute Gasteiger partial charge is 0.274 e. The molecule has 2 aliphatic rings.